The molecule has 0 atom stereocenters. The molecule has 0 radical (unpaired) electrons. The molecule has 166 valence electrons. The van der Waals surface area contributed by atoms with Gasteiger partial charge in [0.05, 0.1) is 41.6 Å². The molecule has 0 aliphatic carbocycles. The van der Waals surface area contributed by atoms with Crippen molar-refractivity contribution in [2.75, 3.05) is 32.9 Å². The number of morpholine rings is 1. The number of hydrogen-bond donors (Lipinski definition) is 0. The average molecular weight is 452 g/mol. The van der Waals surface area contributed by atoms with E-state index in [1.54, 1.807) is 0 Å². The van der Waals surface area contributed by atoms with Crippen LogP contribution in [0.2, 0.25) is 5.02 Å². The van der Waals surface area contributed by atoms with E-state index in [9.17, 15) is 0 Å². The second-order valence-corrected chi connectivity index (χ2v) is 8.49. The number of aryl methyl sites for hydroxylation is 1. The molecule has 2 aromatic carbocycles. The van der Waals surface area contributed by atoms with Gasteiger partial charge in [-0.3, -0.25) is 9.30 Å². The molecule has 1 aliphatic heterocycles. The van der Waals surface area contributed by atoms with Crippen molar-refractivity contribution in [3.05, 3.63) is 52.7 Å². The Labute approximate surface area is 191 Å². The smallest absolute Gasteiger partial charge is 0.183 e. The van der Waals surface area contributed by atoms with E-state index in [1.165, 1.54) is 5.56 Å². The molecule has 0 bridgehead atoms. The van der Waals surface area contributed by atoms with Crippen molar-refractivity contribution in [2.24, 2.45) is 0 Å². The van der Waals surface area contributed by atoms with Gasteiger partial charge >= 0.3 is 0 Å². The van der Waals surface area contributed by atoms with E-state index in [4.69, 9.17) is 26.1 Å². The van der Waals surface area contributed by atoms with Gasteiger partial charge in [0.2, 0.25) is 0 Å². The van der Waals surface area contributed by atoms with Crippen LogP contribution < -0.4 is 4.74 Å². The van der Waals surface area contributed by atoms with Crippen molar-refractivity contribution in [3.63, 3.8) is 0 Å². The second kappa shape index (κ2) is 9.02. The van der Waals surface area contributed by atoms with Crippen LogP contribution in [0.1, 0.15) is 24.6 Å². The monoisotopic (exact) mass is 451 g/mol. The van der Waals surface area contributed by atoms with Crippen molar-refractivity contribution in [3.8, 4) is 17.1 Å². The zero-order chi connectivity index (χ0) is 22.1. The van der Waals surface area contributed by atoms with Crippen LogP contribution >= 0.6 is 11.6 Å². The third-order valence-corrected chi connectivity index (χ3v) is 6.05. The van der Waals surface area contributed by atoms with Crippen LogP contribution in [0.3, 0.4) is 0 Å². The Morgan fingerprint density at radius 3 is 2.75 bits per heavy atom. The molecule has 0 amide bonds. The molecule has 1 aliphatic rings. The Hall–Kier alpha value is -2.74. The topological polar surface area (TPSA) is 64.8 Å². The first-order valence-electron chi connectivity index (χ1n) is 11.0. The van der Waals surface area contributed by atoms with Gasteiger partial charge in [-0.1, -0.05) is 24.6 Å². The highest BCUT2D eigenvalue weighted by Gasteiger charge is 2.18. The zero-order valence-electron chi connectivity index (χ0n) is 18.3. The summed E-state index contributed by atoms with van der Waals surface area (Å²) in [4.78, 5) is 7.17. The molecule has 4 aromatic rings. The fraction of sp³-hybridized carbons (Fsp3) is 0.375. The number of fused-ring (bicyclic) bond motifs is 3. The highest BCUT2D eigenvalue weighted by atomic mass is 35.5. The van der Waals surface area contributed by atoms with E-state index in [1.807, 2.05) is 25.1 Å². The minimum atomic E-state index is 0.607. The molecule has 3 heterocycles. The van der Waals surface area contributed by atoms with Gasteiger partial charge in [0.1, 0.15) is 5.75 Å². The van der Waals surface area contributed by atoms with Crippen molar-refractivity contribution in [1.29, 1.82) is 0 Å². The first-order valence-corrected chi connectivity index (χ1v) is 11.4. The third kappa shape index (κ3) is 4.03. The minimum Gasteiger partial charge on any atom is -0.494 e. The van der Waals surface area contributed by atoms with E-state index in [0.29, 0.717) is 17.5 Å². The van der Waals surface area contributed by atoms with Gasteiger partial charge in [-0.05, 0) is 49.2 Å². The summed E-state index contributed by atoms with van der Waals surface area (Å²) in [5, 5.41) is 9.56. The molecule has 1 fully saturated rings. The van der Waals surface area contributed by atoms with Crippen LogP contribution in [0.25, 0.3) is 28.1 Å². The Balaban J connectivity index is 1.64. The lowest BCUT2D eigenvalue weighted by Crippen LogP contribution is -2.35. The van der Waals surface area contributed by atoms with Crippen LogP contribution in [-0.2, 0) is 11.3 Å². The molecule has 0 spiro atoms. The molecular weight excluding hydrogens is 426 g/mol. The van der Waals surface area contributed by atoms with E-state index >= 15 is 0 Å². The number of hydrogen-bond acceptors (Lipinski definition) is 6. The van der Waals surface area contributed by atoms with Crippen LogP contribution in [0.15, 0.2) is 36.4 Å². The summed E-state index contributed by atoms with van der Waals surface area (Å²) in [5.74, 6) is 1.46. The standard InChI is InChI=1S/C24H26ClN5O2/c1-3-10-32-18-5-6-20(25)19(14-18)24-28-27-23-16(2)26-21-7-4-17(13-22(21)30(23)24)15-29-8-11-31-12-9-29/h4-7,13-14H,3,8-12,15H2,1-2H3. The fourth-order valence-electron chi connectivity index (χ4n) is 4.10. The molecule has 8 heteroatoms. The summed E-state index contributed by atoms with van der Waals surface area (Å²) in [7, 11) is 0. The maximum Gasteiger partial charge on any atom is 0.183 e. The van der Waals surface area contributed by atoms with Crippen molar-refractivity contribution < 1.29 is 9.47 Å². The molecule has 2 aromatic heterocycles. The first-order chi connectivity index (χ1) is 15.6. The lowest BCUT2D eigenvalue weighted by atomic mass is 10.1. The SMILES string of the molecule is CCCOc1ccc(Cl)c(-c2nnc3c(C)nc4ccc(CN5CCOCC5)cc4n23)c1. The molecule has 0 N–H and O–H groups in total. The zero-order valence-corrected chi connectivity index (χ0v) is 19.1. The summed E-state index contributed by atoms with van der Waals surface area (Å²) >= 11 is 6.60. The normalized spacial score (nSPS) is 15.0. The Morgan fingerprint density at radius 1 is 1.09 bits per heavy atom. The number of rotatable bonds is 6. The van der Waals surface area contributed by atoms with Crippen LogP contribution in [-0.4, -0.2) is 57.4 Å². The maximum absolute atomic E-state index is 6.60. The summed E-state index contributed by atoms with van der Waals surface area (Å²) in [6, 6.07) is 12.1. The second-order valence-electron chi connectivity index (χ2n) is 8.08. The summed E-state index contributed by atoms with van der Waals surface area (Å²) in [6.45, 7) is 9.00. The summed E-state index contributed by atoms with van der Waals surface area (Å²) < 4.78 is 13.4. The van der Waals surface area contributed by atoms with Gasteiger partial charge in [-0.15, -0.1) is 10.2 Å². The predicted octanol–water partition coefficient (Wildman–Crippen LogP) is 4.53. The molecule has 7 nitrogen and oxygen atoms in total. The van der Waals surface area contributed by atoms with E-state index in [-0.39, 0.29) is 0 Å². The number of aromatic nitrogens is 4. The average Bonchev–Trinajstić information content (AvgIpc) is 3.26. The lowest BCUT2D eigenvalue weighted by Gasteiger charge is -2.26. The highest BCUT2D eigenvalue weighted by molar-refractivity contribution is 6.33. The van der Waals surface area contributed by atoms with Gasteiger partial charge in [0, 0.05) is 25.2 Å². The van der Waals surface area contributed by atoms with Gasteiger partial charge in [0.15, 0.2) is 11.5 Å². The summed E-state index contributed by atoms with van der Waals surface area (Å²) in [6.07, 6.45) is 0.938. The predicted molar refractivity (Wildman–Crippen MR) is 125 cm³/mol. The number of ether oxygens (including phenoxy) is 2. The van der Waals surface area contributed by atoms with Gasteiger partial charge in [0.25, 0.3) is 0 Å². The van der Waals surface area contributed by atoms with Crippen molar-refractivity contribution >= 4 is 28.3 Å². The van der Waals surface area contributed by atoms with E-state index in [2.05, 4.69) is 44.6 Å². The van der Waals surface area contributed by atoms with Gasteiger partial charge < -0.3 is 9.47 Å². The molecular formula is C24H26ClN5O2. The maximum atomic E-state index is 6.60. The highest BCUT2D eigenvalue weighted by Crippen LogP contribution is 2.33. The van der Waals surface area contributed by atoms with E-state index in [0.717, 1.165) is 73.0 Å². The van der Waals surface area contributed by atoms with Crippen molar-refractivity contribution in [2.45, 2.75) is 26.8 Å². The molecule has 5 rings (SSSR count). The number of benzene rings is 2. The number of halogens is 1. The number of nitrogens with zero attached hydrogens (tertiary/aromatic N) is 5. The van der Waals surface area contributed by atoms with Gasteiger partial charge in [-0.25, -0.2) is 4.98 Å². The lowest BCUT2D eigenvalue weighted by molar-refractivity contribution is 0.0342. The molecule has 0 saturated carbocycles. The minimum absolute atomic E-state index is 0.607. The Morgan fingerprint density at radius 2 is 1.94 bits per heavy atom. The first kappa shape index (κ1) is 21.1. The van der Waals surface area contributed by atoms with Crippen LogP contribution in [0.4, 0.5) is 0 Å². The van der Waals surface area contributed by atoms with Gasteiger partial charge in [-0.2, -0.15) is 0 Å². The Kier molecular flexibility index (Phi) is 5.95. The van der Waals surface area contributed by atoms with Crippen LogP contribution in [0.5, 0.6) is 5.75 Å². The third-order valence-electron chi connectivity index (χ3n) is 5.72. The quantitative estimate of drug-likeness (QED) is 0.429. The van der Waals surface area contributed by atoms with E-state index < -0.39 is 0 Å². The van der Waals surface area contributed by atoms with Crippen LogP contribution in [0, 0.1) is 6.92 Å². The summed E-state index contributed by atoms with van der Waals surface area (Å²) in [5.41, 5.74) is 5.43. The Bertz CT molecular complexity index is 1270. The molecule has 1 saturated heterocycles. The largest absolute Gasteiger partial charge is 0.494 e. The van der Waals surface area contributed by atoms with Crippen molar-refractivity contribution in [1.82, 2.24) is 24.5 Å². The fourth-order valence-corrected chi connectivity index (χ4v) is 4.30. The molecule has 0 unspecified atom stereocenters. The molecule has 32 heavy (non-hydrogen) atoms.